The summed E-state index contributed by atoms with van der Waals surface area (Å²) in [6.07, 6.45) is 1.01. The van der Waals surface area contributed by atoms with Crippen LogP contribution < -0.4 is 0 Å². The van der Waals surface area contributed by atoms with Crippen LogP contribution in [0.3, 0.4) is 0 Å². The second-order valence-electron chi connectivity index (χ2n) is 8.25. The fraction of sp³-hybridized carbons (Fsp3) is 0.348. The van der Waals surface area contributed by atoms with Gasteiger partial charge in [-0.05, 0) is 36.1 Å². The molecule has 3 aromatic rings. The van der Waals surface area contributed by atoms with Crippen LogP contribution in [0.15, 0.2) is 47.0 Å². The van der Waals surface area contributed by atoms with Crippen molar-refractivity contribution in [3.05, 3.63) is 59.4 Å². The fourth-order valence-electron chi connectivity index (χ4n) is 3.62. The molecule has 1 aliphatic rings. The average molecular weight is 433 g/mol. The molecule has 31 heavy (non-hydrogen) atoms. The Kier molecular flexibility index (Phi) is 7.64. The summed E-state index contributed by atoms with van der Waals surface area (Å²) in [5.41, 5.74) is 3.13. The van der Waals surface area contributed by atoms with E-state index in [1.807, 2.05) is 17.0 Å². The van der Waals surface area contributed by atoms with Crippen molar-refractivity contribution in [3.63, 3.8) is 0 Å². The molecule has 0 radical (unpaired) electrons. The first-order valence-corrected chi connectivity index (χ1v) is 10.1. The maximum atomic E-state index is 14.6. The molecule has 0 unspecified atom stereocenters. The Labute approximate surface area is 202 Å². The van der Waals surface area contributed by atoms with Crippen LogP contribution in [0, 0.1) is 17.7 Å². The Morgan fingerprint density at radius 1 is 1.19 bits per heavy atom. The number of aliphatic carboxylic acids is 1. The van der Waals surface area contributed by atoms with Crippen LogP contribution in [0.4, 0.5) is 4.39 Å². The van der Waals surface area contributed by atoms with Gasteiger partial charge in [-0.2, -0.15) is 4.98 Å². The number of benzene rings is 2. The van der Waals surface area contributed by atoms with Crippen molar-refractivity contribution in [2.75, 3.05) is 13.1 Å². The zero-order valence-corrected chi connectivity index (χ0v) is 17.0. The van der Waals surface area contributed by atoms with Crippen molar-refractivity contribution in [1.29, 1.82) is 0 Å². The number of carboxylic acids is 1. The first-order chi connectivity index (χ1) is 14.4. The van der Waals surface area contributed by atoms with E-state index in [1.54, 1.807) is 12.1 Å². The van der Waals surface area contributed by atoms with Gasteiger partial charge in [0, 0.05) is 36.3 Å². The van der Waals surface area contributed by atoms with E-state index in [2.05, 4.69) is 36.1 Å². The average Bonchev–Trinajstić information content (AvgIpc) is 3.15. The van der Waals surface area contributed by atoms with Crippen molar-refractivity contribution < 1.29 is 18.8 Å². The van der Waals surface area contributed by atoms with E-state index < -0.39 is 5.97 Å². The van der Waals surface area contributed by atoms with Gasteiger partial charge < -0.3 is 9.63 Å². The number of carboxylic acid groups (broad SMARTS) is 1. The van der Waals surface area contributed by atoms with Crippen molar-refractivity contribution in [2.24, 2.45) is 11.8 Å². The van der Waals surface area contributed by atoms with E-state index in [1.165, 1.54) is 11.6 Å². The molecule has 1 aliphatic heterocycles. The fourth-order valence-corrected chi connectivity index (χ4v) is 3.62. The van der Waals surface area contributed by atoms with Gasteiger partial charge in [-0.25, -0.2) is 4.39 Å². The number of likely N-dealkylation sites (tertiary alicyclic amines) is 1. The van der Waals surface area contributed by atoms with Crippen molar-refractivity contribution in [2.45, 2.75) is 26.8 Å². The Morgan fingerprint density at radius 2 is 1.87 bits per heavy atom. The van der Waals surface area contributed by atoms with Crippen LogP contribution in [0.25, 0.3) is 22.8 Å². The van der Waals surface area contributed by atoms with Gasteiger partial charge in [0.2, 0.25) is 5.82 Å². The van der Waals surface area contributed by atoms with Gasteiger partial charge in [-0.1, -0.05) is 43.3 Å². The van der Waals surface area contributed by atoms with Crippen LogP contribution in [0.1, 0.15) is 25.0 Å². The van der Waals surface area contributed by atoms with Gasteiger partial charge >= 0.3 is 35.5 Å². The predicted molar refractivity (Wildman–Crippen MR) is 117 cm³/mol. The standard InChI is InChI=1S/C23H24FN3O3.Na.H/c1-14(2)9-15-3-5-16(6-4-15)22-25-21(26-30-22)17-7-8-18(20(24)10-17)11-27-12-19(13-27)23(28)29;;/h3-8,10,14,19H,9,11-13H2,1-2H3,(H,28,29);;. The molecule has 8 heteroatoms. The quantitative estimate of drug-likeness (QED) is 0.574. The molecule has 0 atom stereocenters. The molecule has 158 valence electrons. The zero-order chi connectivity index (χ0) is 21.3. The van der Waals surface area contributed by atoms with Crippen LogP contribution in [0.5, 0.6) is 0 Å². The molecule has 2 aromatic carbocycles. The van der Waals surface area contributed by atoms with Crippen LogP contribution in [-0.2, 0) is 17.8 Å². The van der Waals surface area contributed by atoms with E-state index in [0.29, 0.717) is 48.4 Å². The van der Waals surface area contributed by atoms with Crippen LogP contribution in [-0.4, -0.2) is 68.8 Å². The second kappa shape index (κ2) is 10.0. The molecule has 0 bridgehead atoms. The van der Waals surface area contributed by atoms with E-state index in [4.69, 9.17) is 9.63 Å². The predicted octanol–water partition coefficient (Wildman–Crippen LogP) is 3.61. The number of halogens is 1. The summed E-state index contributed by atoms with van der Waals surface area (Å²) >= 11 is 0. The number of carbonyl (C=O) groups is 1. The summed E-state index contributed by atoms with van der Waals surface area (Å²) < 4.78 is 19.9. The number of aromatic nitrogens is 2. The molecule has 6 nitrogen and oxygen atoms in total. The van der Waals surface area contributed by atoms with Gasteiger partial charge in [0.15, 0.2) is 0 Å². The maximum absolute atomic E-state index is 14.6. The zero-order valence-electron chi connectivity index (χ0n) is 17.0. The summed E-state index contributed by atoms with van der Waals surface area (Å²) in [5.74, 6) is -0.212. The second-order valence-corrected chi connectivity index (χ2v) is 8.25. The molecule has 0 spiro atoms. The van der Waals surface area contributed by atoms with Gasteiger partial charge in [-0.15, -0.1) is 0 Å². The minimum absolute atomic E-state index is 0. The third-order valence-corrected chi connectivity index (χ3v) is 5.28. The van der Waals surface area contributed by atoms with E-state index in [0.717, 1.165) is 12.0 Å². The number of nitrogens with zero attached hydrogens (tertiary/aromatic N) is 3. The Morgan fingerprint density at radius 3 is 2.48 bits per heavy atom. The SMILES string of the molecule is CC(C)Cc1ccc(-c2nc(-c3ccc(CN4CC(C(=O)O)C4)c(F)c3)no2)cc1.[NaH]. The van der Waals surface area contributed by atoms with Crippen molar-refractivity contribution >= 4 is 35.5 Å². The summed E-state index contributed by atoms with van der Waals surface area (Å²) in [5, 5.41) is 12.9. The molecule has 1 aromatic heterocycles. The third-order valence-electron chi connectivity index (χ3n) is 5.28. The Balaban J connectivity index is 0.00000272. The van der Waals surface area contributed by atoms with Crippen LogP contribution in [0.2, 0.25) is 0 Å². The van der Waals surface area contributed by atoms with E-state index >= 15 is 0 Å². The molecular formula is C23H25FN3NaO3. The van der Waals surface area contributed by atoms with E-state index in [9.17, 15) is 9.18 Å². The Hall–Kier alpha value is -2.06. The third kappa shape index (κ3) is 5.60. The molecule has 1 N–H and O–H groups in total. The van der Waals surface area contributed by atoms with Gasteiger partial charge in [0.25, 0.3) is 5.89 Å². The first kappa shape index (κ1) is 23.6. The normalized spacial score (nSPS) is 14.3. The van der Waals surface area contributed by atoms with Crippen molar-refractivity contribution in [1.82, 2.24) is 15.0 Å². The molecule has 0 amide bonds. The number of rotatable bonds is 7. The molecular weight excluding hydrogens is 408 g/mol. The summed E-state index contributed by atoms with van der Waals surface area (Å²) in [7, 11) is 0. The monoisotopic (exact) mass is 433 g/mol. The first-order valence-electron chi connectivity index (χ1n) is 10.1. The molecule has 1 saturated heterocycles. The summed E-state index contributed by atoms with van der Waals surface area (Å²) in [6, 6.07) is 12.9. The van der Waals surface area contributed by atoms with E-state index in [-0.39, 0.29) is 41.3 Å². The van der Waals surface area contributed by atoms with Gasteiger partial charge in [-0.3, -0.25) is 9.69 Å². The van der Waals surface area contributed by atoms with Crippen LogP contribution >= 0.6 is 0 Å². The molecule has 1 fully saturated rings. The van der Waals surface area contributed by atoms with Crippen molar-refractivity contribution in [3.8, 4) is 22.8 Å². The molecule has 2 heterocycles. The molecule has 0 aliphatic carbocycles. The summed E-state index contributed by atoms with van der Waals surface area (Å²) in [4.78, 5) is 17.2. The van der Waals surface area contributed by atoms with Gasteiger partial charge in [0.05, 0.1) is 5.92 Å². The number of hydrogen-bond donors (Lipinski definition) is 1. The number of hydrogen-bond acceptors (Lipinski definition) is 5. The molecule has 0 saturated carbocycles. The topological polar surface area (TPSA) is 79.5 Å². The summed E-state index contributed by atoms with van der Waals surface area (Å²) in [6.45, 7) is 5.63. The minimum atomic E-state index is -0.801. The molecule has 4 rings (SSSR count). The Bertz CT molecular complexity index is 1050. The van der Waals surface area contributed by atoms with Gasteiger partial charge in [0.1, 0.15) is 5.82 Å².